The Morgan fingerprint density at radius 1 is 0.968 bits per heavy atom. The number of anilines is 1. The van der Waals surface area contributed by atoms with Crippen molar-refractivity contribution >= 4 is 23.0 Å². The molecule has 1 heterocycles. The molecule has 162 valence electrons. The lowest BCUT2D eigenvalue weighted by Crippen LogP contribution is -2.34. The van der Waals surface area contributed by atoms with Gasteiger partial charge in [-0.3, -0.25) is 4.98 Å². The number of aryl methyl sites for hydroxylation is 1. The number of para-hydroxylation sites is 1. The van der Waals surface area contributed by atoms with Gasteiger partial charge in [-0.05, 0) is 54.5 Å². The van der Waals surface area contributed by atoms with Crippen LogP contribution in [0.3, 0.4) is 0 Å². The van der Waals surface area contributed by atoms with Crippen molar-refractivity contribution < 1.29 is 14.2 Å². The van der Waals surface area contributed by atoms with Crippen LogP contribution < -0.4 is 19.5 Å². The number of ether oxygens (including phenoxy) is 3. The molecule has 2 aromatic carbocycles. The second-order valence-corrected chi connectivity index (χ2v) is 7.39. The van der Waals surface area contributed by atoms with E-state index in [1.54, 1.807) is 27.5 Å². The maximum atomic E-state index is 5.81. The summed E-state index contributed by atoms with van der Waals surface area (Å²) in [6.45, 7) is 3.13. The summed E-state index contributed by atoms with van der Waals surface area (Å²) in [6, 6.07) is 15.7. The molecule has 0 aliphatic heterocycles. The van der Waals surface area contributed by atoms with Crippen LogP contribution in [0.2, 0.25) is 0 Å². The molecule has 3 rings (SSSR count). The minimum Gasteiger partial charge on any atom is -0.495 e. The number of nitrogens with one attached hydrogen (secondary N) is 1. The molecule has 7 heteroatoms. The number of pyridine rings is 1. The van der Waals surface area contributed by atoms with Crippen LogP contribution in [0.1, 0.15) is 16.7 Å². The number of benzene rings is 2. The van der Waals surface area contributed by atoms with E-state index in [2.05, 4.69) is 15.2 Å². The van der Waals surface area contributed by atoms with Crippen molar-refractivity contribution in [2.45, 2.75) is 20.0 Å². The van der Waals surface area contributed by atoms with Crippen LogP contribution in [0, 0.1) is 6.92 Å². The van der Waals surface area contributed by atoms with Crippen LogP contribution in [0.4, 0.5) is 5.69 Å². The highest BCUT2D eigenvalue weighted by molar-refractivity contribution is 7.80. The third-order valence-electron chi connectivity index (χ3n) is 4.83. The smallest absolute Gasteiger partial charge is 0.174 e. The minimum absolute atomic E-state index is 0.523. The summed E-state index contributed by atoms with van der Waals surface area (Å²) in [5, 5.41) is 3.92. The lowest BCUT2D eigenvalue weighted by Gasteiger charge is -2.27. The maximum Gasteiger partial charge on any atom is 0.174 e. The average Bonchev–Trinajstić information content (AvgIpc) is 2.79. The molecule has 0 fully saturated rings. The normalized spacial score (nSPS) is 10.3. The van der Waals surface area contributed by atoms with Crippen molar-refractivity contribution in [2.24, 2.45) is 0 Å². The number of thiocarbonyl (C=S) groups is 1. The molecular weight excluding hydrogens is 410 g/mol. The number of hydrogen-bond donors (Lipinski definition) is 1. The second-order valence-electron chi connectivity index (χ2n) is 7.00. The third kappa shape index (κ3) is 5.64. The Morgan fingerprint density at radius 2 is 1.77 bits per heavy atom. The van der Waals surface area contributed by atoms with Gasteiger partial charge in [0.15, 0.2) is 16.6 Å². The summed E-state index contributed by atoms with van der Waals surface area (Å²) in [4.78, 5) is 6.29. The lowest BCUT2D eigenvalue weighted by molar-refractivity contribution is 0.341. The van der Waals surface area contributed by atoms with Crippen molar-refractivity contribution in [3.8, 4) is 17.2 Å². The van der Waals surface area contributed by atoms with E-state index in [4.69, 9.17) is 26.4 Å². The summed E-state index contributed by atoms with van der Waals surface area (Å²) in [5.74, 6) is 2.10. The summed E-state index contributed by atoms with van der Waals surface area (Å²) in [6.07, 6.45) is 3.60. The van der Waals surface area contributed by atoms with Crippen LogP contribution in [0.25, 0.3) is 0 Å². The molecule has 1 aromatic heterocycles. The van der Waals surface area contributed by atoms with E-state index in [0.717, 1.165) is 28.1 Å². The molecule has 1 N–H and O–H groups in total. The molecule has 0 saturated heterocycles. The summed E-state index contributed by atoms with van der Waals surface area (Å²) >= 11 is 5.81. The highest BCUT2D eigenvalue weighted by atomic mass is 32.1. The maximum absolute atomic E-state index is 5.81. The van der Waals surface area contributed by atoms with Crippen molar-refractivity contribution in [2.75, 3.05) is 26.6 Å². The van der Waals surface area contributed by atoms with Gasteiger partial charge in [-0.25, -0.2) is 0 Å². The second kappa shape index (κ2) is 10.6. The molecule has 0 unspecified atom stereocenters. The van der Waals surface area contributed by atoms with Gasteiger partial charge in [0, 0.05) is 31.0 Å². The fourth-order valence-corrected chi connectivity index (χ4v) is 3.55. The quantitative estimate of drug-likeness (QED) is 0.507. The standard InChI is InChI=1S/C24H27N3O3S/c1-17-10-11-21(28-2)20(13-17)26-24(31)27(15-18-7-6-12-25-14-18)16-19-8-5-9-22(29-3)23(19)30-4/h5-14H,15-16H2,1-4H3,(H,26,31). The molecule has 0 radical (unpaired) electrons. The van der Waals surface area contributed by atoms with Gasteiger partial charge in [0.1, 0.15) is 5.75 Å². The topological polar surface area (TPSA) is 55.9 Å². The first-order valence-corrected chi connectivity index (χ1v) is 10.3. The van der Waals surface area contributed by atoms with Crippen LogP contribution >= 0.6 is 12.2 Å². The predicted molar refractivity (Wildman–Crippen MR) is 127 cm³/mol. The Labute approximate surface area is 188 Å². The summed E-state index contributed by atoms with van der Waals surface area (Å²) < 4.78 is 16.6. The van der Waals surface area contributed by atoms with Gasteiger partial charge >= 0.3 is 0 Å². The fourth-order valence-electron chi connectivity index (χ4n) is 3.31. The minimum atomic E-state index is 0.523. The molecule has 0 amide bonds. The summed E-state index contributed by atoms with van der Waals surface area (Å²) in [5.41, 5.74) is 3.94. The van der Waals surface area contributed by atoms with E-state index in [0.29, 0.717) is 29.7 Å². The zero-order valence-electron chi connectivity index (χ0n) is 18.2. The number of aromatic nitrogens is 1. The Kier molecular flexibility index (Phi) is 7.67. The highest BCUT2D eigenvalue weighted by Crippen LogP contribution is 2.32. The first-order valence-electron chi connectivity index (χ1n) is 9.85. The molecule has 0 bridgehead atoms. The zero-order valence-corrected chi connectivity index (χ0v) is 19.0. The van der Waals surface area contributed by atoms with Crippen LogP contribution in [-0.4, -0.2) is 36.3 Å². The van der Waals surface area contributed by atoms with Gasteiger partial charge in [0.05, 0.1) is 27.0 Å². The monoisotopic (exact) mass is 437 g/mol. The van der Waals surface area contributed by atoms with Crippen molar-refractivity contribution in [1.82, 2.24) is 9.88 Å². The van der Waals surface area contributed by atoms with Gasteiger partial charge in [0.2, 0.25) is 0 Å². The number of hydrogen-bond acceptors (Lipinski definition) is 5. The van der Waals surface area contributed by atoms with Gasteiger partial charge in [-0.1, -0.05) is 24.3 Å². The lowest BCUT2D eigenvalue weighted by atomic mass is 10.1. The van der Waals surface area contributed by atoms with E-state index >= 15 is 0 Å². The van der Waals surface area contributed by atoms with E-state index in [1.165, 1.54) is 0 Å². The van der Waals surface area contributed by atoms with Crippen LogP contribution in [0.5, 0.6) is 17.2 Å². The first kappa shape index (κ1) is 22.4. The molecule has 6 nitrogen and oxygen atoms in total. The van der Waals surface area contributed by atoms with Crippen molar-refractivity contribution in [3.63, 3.8) is 0 Å². The van der Waals surface area contributed by atoms with Crippen molar-refractivity contribution in [1.29, 1.82) is 0 Å². The molecule has 0 aliphatic rings. The van der Waals surface area contributed by atoms with E-state index < -0.39 is 0 Å². The molecule has 3 aromatic rings. The molecule has 0 aliphatic carbocycles. The van der Waals surface area contributed by atoms with Crippen LogP contribution in [-0.2, 0) is 13.1 Å². The molecule has 0 saturated carbocycles. The van der Waals surface area contributed by atoms with E-state index in [9.17, 15) is 0 Å². The Hall–Kier alpha value is -3.32. The summed E-state index contributed by atoms with van der Waals surface area (Å²) in [7, 11) is 4.92. The number of methoxy groups -OCH3 is 3. The Bertz CT molecular complexity index is 1030. The third-order valence-corrected chi connectivity index (χ3v) is 5.19. The van der Waals surface area contributed by atoms with E-state index in [1.807, 2.05) is 61.7 Å². The van der Waals surface area contributed by atoms with E-state index in [-0.39, 0.29) is 0 Å². The Morgan fingerprint density at radius 3 is 2.45 bits per heavy atom. The zero-order chi connectivity index (χ0) is 22.2. The first-order chi connectivity index (χ1) is 15.0. The molecule has 0 spiro atoms. The molecular formula is C24H27N3O3S. The van der Waals surface area contributed by atoms with Gasteiger partial charge in [0.25, 0.3) is 0 Å². The van der Waals surface area contributed by atoms with Gasteiger partial charge < -0.3 is 24.4 Å². The van der Waals surface area contributed by atoms with Crippen LogP contribution in [0.15, 0.2) is 60.9 Å². The Balaban J connectivity index is 1.92. The molecule has 31 heavy (non-hydrogen) atoms. The molecule has 0 atom stereocenters. The largest absolute Gasteiger partial charge is 0.495 e. The predicted octanol–water partition coefficient (Wildman–Crippen LogP) is 4.82. The average molecular weight is 438 g/mol. The fraction of sp³-hybridized carbons (Fsp3) is 0.250. The number of rotatable bonds is 8. The van der Waals surface area contributed by atoms with Gasteiger partial charge in [-0.2, -0.15) is 0 Å². The number of nitrogens with zero attached hydrogens (tertiary/aromatic N) is 2. The highest BCUT2D eigenvalue weighted by Gasteiger charge is 2.18. The van der Waals surface area contributed by atoms with Gasteiger partial charge in [-0.15, -0.1) is 0 Å². The SMILES string of the molecule is COc1ccc(C)cc1NC(=S)N(Cc1cccnc1)Cc1cccc(OC)c1OC. The van der Waals surface area contributed by atoms with Crippen molar-refractivity contribution in [3.05, 3.63) is 77.6 Å².